The second-order valence-electron chi connectivity index (χ2n) is 7.38. The SMILES string of the molecule is CCOC(=O)N1c2cc(C)c(C)cc2N(C(=O)c2ccc(OC)nc2OC)CC1CC. The summed E-state index contributed by atoms with van der Waals surface area (Å²) in [5.41, 5.74) is 3.69. The van der Waals surface area contributed by atoms with Crippen molar-refractivity contribution < 1.29 is 23.8 Å². The van der Waals surface area contributed by atoms with E-state index in [1.807, 2.05) is 32.9 Å². The minimum atomic E-state index is -0.408. The van der Waals surface area contributed by atoms with E-state index in [1.54, 1.807) is 28.9 Å². The van der Waals surface area contributed by atoms with E-state index < -0.39 is 6.09 Å². The molecule has 8 nitrogen and oxygen atoms in total. The van der Waals surface area contributed by atoms with E-state index in [4.69, 9.17) is 14.2 Å². The third-order valence-corrected chi connectivity index (χ3v) is 5.55. The molecule has 0 radical (unpaired) electrons. The summed E-state index contributed by atoms with van der Waals surface area (Å²) in [5, 5.41) is 0. The van der Waals surface area contributed by atoms with Crippen molar-refractivity contribution in [3.63, 3.8) is 0 Å². The minimum Gasteiger partial charge on any atom is -0.481 e. The number of amides is 2. The number of hydrogen-bond acceptors (Lipinski definition) is 6. The summed E-state index contributed by atoms with van der Waals surface area (Å²) < 4.78 is 15.8. The number of anilines is 2. The van der Waals surface area contributed by atoms with Crippen molar-refractivity contribution in [2.75, 3.05) is 37.2 Å². The predicted octanol–water partition coefficient (Wildman–Crippen LogP) is 4.12. The van der Waals surface area contributed by atoms with Crippen molar-refractivity contribution in [2.45, 2.75) is 40.2 Å². The van der Waals surface area contributed by atoms with Gasteiger partial charge in [0.15, 0.2) is 0 Å². The highest BCUT2D eigenvalue weighted by Crippen LogP contribution is 2.40. The van der Waals surface area contributed by atoms with Crippen molar-refractivity contribution in [1.29, 1.82) is 0 Å². The molecular weight excluding hydrogens is 398 g/mol. The van der Waals surface area contributed by atoms with Gasteiger partial charge in [0.25, 0.3) is 5.91 Å². The lowest BCUT2D eigenvalue weighted by atomic mass is 9.99. The Morgan fingerprint density at radius 3 is 2.32 bits per heavy atom. The largest absolute Gasteiger partial charge is 0.481 e. The van der Waals surface area contributed by atoms with Crippen LogP contribution in [0.1, 0.15) is 41.8 Å². The number of fused-ring (bicyclic) bond motifs is 1. The average Bonchev–Trinajstić information content (AvgIpc) is 2.78. The summed E-state index contributed by atoms with van der Waals surface area (Å²) >= 11 is 0. The summed E-state index contributed by atoms with van der Waals surface area (Å²) in [6, 6.07) is 6.92. The number of nitrogens with zero attached hydrogens (tertiary/aromatic N) is 3. The first-order chi connectivity index (χ1) is 14.9. The van der Waals surface area contributed by atoms with Crippen LogP contribution in [0.4, 0.5) is 16.2 Å². The lowest BCUT2D eigenvalue weighted by Crippen LogP contribution is -2.53. The number of rotatable bonds is 5. The molecule has 1 atom stereocenters. The molecule has 8 heteroatoms. The van der Waals surface area contributed by atoms with Gasteiger partial charge in [-0.2, -0.15) is 4.98 Å². The number of methoxy groups -OCH3 is 2. The number of pyridine rings is 1. The third kappa shape index (κ3) is 4.15. The van der Waals surface area contributed by atoms with Crippen LogP contribution in [0.3, 0.4) is 0 Å². The number of aryl methyl sites for hydroxylation is 2. The second-order valence-corrected chi connectivity index (χ2v) is 7.38. The molecule has 1 aliphatic heterocycles. The van der Waals surface area contributed by atoms with Gasteiger partial charge in [-0.1, -0.05) is 6.92 Å². The van der Waals surface area contributed by atoms with Gasteiger partial charge in [0, 0.05) is 12.6 Å². The van der Waals surface area contributed by atoms with Crippen LogP contribution >= 0.6 is 0 Å². The van der Waals surface area contributed by atoms with Crippen LogP contribution in [0.25, 0.3) is 0 Å². The van der Waals surface area contributed by atoms with E-state index in [9.17, 15) is 9.59 Å². The van der Waals surface area contributed by atoms with Crippen LogP contribution in [-0.2, 0) is 4.74 Å². The first kappa shape index (κ1) is 22.4. The van der Waals surface area contributed by atoms with Crippen LogP contribution in [0.5, 0.6) is 11.8 Å². The van der Waals surface area contributed by atoms with Gasteiger partial charge in [0.2, 0.25) is 11.8 Å². The molecule has 1 aromatic heterocycles. The molecule has 0 aliphatic carbocycles. The monoisotopic (exact) mass is 427 g/mol. The molecule has 0 saturated heterocycles. The Hall–Kier alpha value is -3.29. The van der Waals surface area contributed by atoms with E-state index in [0.717, 1.165) is 11.1 Å². The Balaban J connectivity index is 2.13. The van der Waals surface area contributed by atoms with Crippen LogP contribution in [0.15, 0.2) is 24.3 Å². The lowest BCUT2D eigenvalue weighted by molar-refractivity contribution is 0.0977. The van der Waals surface area contributed by atoms with Crippen molar-refractivity contribution in [3.05, 3.63) is 41.0 Å². The van der Waals surface area contributed by atoms with Crippen molar-refractivity contribution in [3.8, 4) is 11.8 Å². The first-order valence-electron chi connectivity index (χ1n) is 10.3. The number of carbonyl (C=O) groups is 2. The zero-order chi connectivity index (χ0) is 22.7. The average molecular weight is 428 g/mol. The molecule has 166 valence electrons. The van der Waals surface area contributed by atoms with Crippen LogP contribution in [-0.4, -0.2) is 50.4 Å². The number of ether oxygens (including phenoxy) is 3. The summed E-state index contributed by atoms with van der Waals surface area (Å²) in [5.74, 6) is 0.299. The molecule has 1 aromatic carbocycles. The smallest absolute Gasteiger partial charge is 0.414 e. The third-order valence-electron chi connectivity index (χ3n) is 5.55. The fourth-order valence-corrected chi connectivity index (χ4v) is 3.73. The highest BCUT2D eigenvalue weighted by molar-refractivity contribution is 6.11. The Kier molecular flexibility index (Phi) is 6.68. The molecule has 0 spiro atoms. The second kappa shape index (κ2) is 9.24. The van der Waals surface area contributed by atoms with E-state index >= 15 is 0 Å². The molecule has 0 N–H and O–H groups in total. The molecule has 0 fully saturated rings. The van der Waals surface area contributed by atoms with E-state index in [2.05, 4.69) is 4.98 Å². The summed E-state index contributed by atoms with van der Waals surface area (Å²) in [4.78, 5) is 34.0. The van der Waals surface area contributed by atoms with Crippen molar-refractivity contribution in [1.82, 2.24) is 4.98 Å². The Morgan fingerprint density at radius 1 is 1.06 bits per heavy atom. The van der Waals surface area contributed by atoms with E-state index in [-0.39, 0.29) is 24.4 Å². The van der Waals surface area contributed by atoms with Crippen LogP contribution in [0, 0.1) is 13.8 Å². The zero-order valence-electron chi connectivity index (χ0n) is 18.9. The molecule has 1 unspecified atom stereocenters. The fraction of sp³-hybridized carbons (Fsp3) is 0.435. The lowest BCUT2D eigenvalue weighted by Gasteiger charge is -2.42. The van der Waals surface area contributed by atoms with Gasteiger partial charge < -0.3 is 19.1 Å². The maximum atomic E-state index is 13.6. The van der Waals surface area contributed by atoms with Crippen molar-refractivity contribution >= 4 is 23.4 Å². The molecule has 31 heavy (non-hydrogen) atoms. The highest BCUT2D eigenvalue weighted by atomic mass is 16.6. The Morgan fingerprint density at radius 2 is 1.74 bits per heavy atom. The van der Waals surface area contributed by atoms with Gasteiger partial charge in [-0.05, 0) is 56.5 Å². The first-order valence-corrected chi connectivity index (χ1v) is 10.3. The molecule has 2 amide bonds. The van der Waals surface area contributed by atoms with Crippen LogP contribution in [0.2, 0.25) is 0 Å². The highest BCUT2D eigenvalue weighted by Gasteiger charge is 2.38. The fourth-order valence-electron chi connectivity index (χ4n) is 3.73. The molecule has 2 heterocycles. The Bertz CT molecular complexity index is 991. The van der Waals surface area contributed by atoms with E-state index in [1.165, 1.54) is 14.2 Å². The molecule has 0 bridgehead atoms. The number of carbonyl (C=O) groups excluding carboxylic acids is 2. The van der Waals surface area contributed by atoms with Gasteiger partial charge in [0.05, 0.1) is 38.2 Å². The summed E-state index contributed by atoms with van der Waals surface area (Å²) in [6.07, 6.45) is 0.252. The van der Waals surface area contributed by atoms with Gasteiger partial charge in [-0.15, -0.1) is 0 Å². The number of aromatic nitrogens is 1. The maximum absolute atomic E-state index is 13.6. The molecule has 2 aromatic rings. The normalized spacial score (nSPS) is 15.4. The van der Waals surface area contributed by atoms with Gasteiger partial charge in [0.1, 0.15) is 5.56 Å². The number of benzene rings is 1. The molecule has 0 saturated carbocycles. The van der Waals surface area contributed by atoms with Crippen LogP contribution < -0.4 is 19.3 Å². The quantitative estimate of drug-likeness (QED) is 0.714. The molecule has 3 rings (SSSR count). The summed E-state index contributed by atoms with van der Waals surface area (Å²) in [7, 11) is 2.97. The molecular formula is C23H29N3O5. The van der Waals surface area contributed by atoms with Gasteiger partial charge >= 0.3 is 6.09 Å². The summed E-state index contributed by atoms with van der Waals surface area (Å²) in [6.45, 7) is 8.34. The van der Waals surface area contributed by atoms with Crippen molar-refractivity contribution in [2.24, 2.45) is 0 Å². The van der Waals surface area contributed by atoms with Gasteiger partial charge in [-0.3, -0.25) is 9.69 Å². The Labute approximate surface area is 182 Å². The maximum Gasteiger partial charge on any atom is 0.414 e. The van der Waals surface area contributed by atoms with Gasteiger partial charge in [-0.25, -0.2) is 4.79 Å². The zero-order valence-corrected chi connectivity index (χ0v) is 18.9. The minimum absolute atomic E-state index is 0.190. The number of hydrogen-bond donors (Lipinski definition) is 0. The molecule has 1 aliphatic rings. The standard InChI is InChI=1S/C23H29N3O5/c1-7-16-13-25(22(27)17-9-10-20(29-5)24-21(17)30-6)18-11-14(3)15(4)12-19(18)26(16)23(28)31-8-2/h9-12,16H,7-8,13H2,1-6H3. The predicted molar refractivity (Wildman–Crippen MR) is 119 cm³/mol. The topological polar surface area (TPSA) is 81.2 Å². The van der Waals surface area contributed by atoms with E-state index in [0.29, 0.717) is 35.8 Å².